The molecular weight excluding hydrogens is 160 g/mol. The summed E-state index contributed by atoms with van der Waals surface area (Å²) >= 11 is 0. The molecule has 0 radical (unpaired) electrons. The first-order chi connectivity index (χ1) is 6.16. The normalized spacial score (nSPS) is 22.4. The van der Waals surface area contributed by atoms with Crippen LogP contribution in [-0.4, -0.2) is 18.1 Å². The van der Waals surface area contributed by atoms with Gasteiger partial charge in [-0.3, -0.25) is 0 Å². The largest absolute Gasteiger partial charge is 0.327 e. The molecule has 0 amide bonds. The lowest BCUT2D eigenvalue weighted by molar-refractivity contribution is 0.204. The molecular formula is C11H24N2. The Hall–Kier alpha value is -0.0800. The molecule has 1 aliphatic carbocycles. The molecule has 0 spiro atoms. The van der Waals surface area contributed by atoms with Crippen LogP contribution in [-0.2, 0) is 0 Å². The fraction of sp³-hybridized carbons (Fsp3) is 1.00. The minimum Gasteiger partial charge on any atom is -0.327 e. The average Bonchev–Trinajstić information content (AvgIpc) is 2.08. The highest BCUT2D eigenvalue weighted by Gasteiger charge is 2.30. The van der Waals surface area contributed by atoms with Crippen molar-refractivity contribution in [3.8, 4) is 0 Å². The smallest absolute Gasteiger partial charge is 0.0165 e. The summed E-state index contributed by atoms with van der Waals surface area (Å²) in [5, 5.41) is 3.58. The Bertz CT molecular complexity index is 141. The van der Waals surface area contributed by atoms with Gasteiger partial charge in [0.1, 0.15) is 0 Å². The number of hydrogen-bond acceptors (Lipinski definition) is 2. The van der Waals surface area contributed by atoms with E-state index in [0.717, 1.165) is 6.54 Å². The summed E-state index contributed by atoms with van der Waals surface area (Å²) in [6.45, 7) is 5.52. The Labute approximate surface area is 82.3 Å². The molecule has 13 heavy (non-hydrogen) atoms. The van der Waals surface area contributed by atoms with E-state index in [2.05, 4.69) is 19.2 Å². The monoisotopic (exact) mass is 184 g/mol. The molecule has 1 aliphatic rings. The second kappa shape index (κ2) is 4.97. The van der Waals surface area contributed by atoms with Crippen LogP contribution in [0.2, 0.25) is 0 Å². The lowest BCUT2D eigenvalue weighted by Gasteiger charge is -2.40. The van der Waals surface area contributed by atoms with Crippen molar-refractivity contribution in [2.45, 2.75) is 64.0 Å². The third kappa shape index (κ3) is 3.65. The van der Waals surface area contributed by atoms with Crippen LogP contribution in [0.15, 0.2) is 0 Å². The SMILES string of the molecule is CCCCC(N)CNC1(C)CCC1. The van der Waals surface area contributed by atoms with Crippen molar-refractivity contribution in [2.24, 2.45) is 5.73 Å². The second-order valence-electron chi connectivity index (χ2n) is 4.70. The first-order valence-corrected chi connectivity index (χ1v) is 5.67. The molecule has 1 rings (SSSR count). The number of hydrogen-bond donors (Lipinski definition) is 2. The van der Waals surface area contributed by atoms with Crippen LogP contribution < -0.4 is 11.1 Å². The minimum absolute atomic E-state index is 0.359. The van der Waals surface area contributed by atoms with Crippen molar-refractivity contribution in [1.82, 2.24) is 5.32 Å². The highest BCUT2D eigenvalue weighted by Crippen LogP contribution is 2.30. The Morgan fingerprint density at radius 3 is 2.62 bits per heavy atom. The first kappa shape index (κ1) is 11.0. The Morgan fingerprint density at radius 2 is 2.15 bits per heavy atom. The van der Waals surface area contributed by atoms with Crippen LogP contribution in [0.5, 0.6) is 0 Å². The van der Waals surface area contributed by atoms with E-state index < -0.39 is 0 Å². The predicted octanol–water partition coefficient (Wildman–Crippen LogP) is 2.04. The van der Waals surface area contributed by atoms with Crippen molar-refractivity contribution in [3.05, 3.63) is 0 Å². The third-order valence-electron chi connectivity index (χ3n) is 3.18. The van der Waals surface area contributed by atoms with E-state index >= 15 is 0 Å². The highest BCUT2D eigenvalue weighted by atomic mass is 15.0. The molecule has 2 nitrogen and oxygen atoms in total. The van der Waals surface area contributed by atoms with Crippen LogP contribution in [0.4, 0.5) is 0 Å². The summed E-state index contributed by atoms with van der Waals surface area (Å²) in [6.07, 6.45) is 7.72. The lowest BCUT2D eigenvalue weighted by atomic mass is 9.78. The van der Waals surface area contributed by atoms with Crippen molar-refractivity contribution in [2.75, 3.05) is 6.54 Å². The van der Waals surface area contributed by atoms with Gasteiger partial charge >= 0.3 is 0 Å². The van der Waals surface area contributed by atoms with E-state index in [-0.39, 0.29) is 0 Å². The van der Waals surface area contributed by atoms with Gasteiger partial charge in [-0.1, -0.05) is 19.8 Å². The van der Waals surface area contributed by atoms with Crippen molar-refractivity contribution >= 4 is 0 Å². The van der Waals surface area contributed by atoms with Crippen LogP contribution in [0.1, 0.15) is 52.4 Å². The van der Waals surface area contributed by atoms with Crippen molar-refractivity contribution < 1.29 is 0 Å². The molecule has 0 aromatic rings. The molecule has 0 saturated heterocycles. The quantitative estimate of drug-likeness (QED) is 0.663. The average molecular weight is 184 g/mol. The molecule has 0 aliphatic heterocycles. The Kier molecular flexibility index (Phi) is 4.20. The standard InChI is InChI=1S/C11H24N2/c1-3-4-6-10(12)9-13-11(2)7-5-8-11/h10,13H,3-9,12H2,1-2H3. The van der Waals surface area contributed by atoms with Gasteiger partial charge in [0.25, 0.3) is 0 Å². The molecule has 78 valence electrons. The lowest BCUT2D eigenvalue weighted by Crippen LogP contribution is -2.51. The topological polar surface area (TPSA) is 38.0 Å². The number of rotatable bonds is 6. The molecule has 0 bridgehead atoms. The molecule has 1 atom stereocenters. The maximum absolute atomic E-state index is 5.98. The van der Waals surface area contributed by atoms with E-state index in [1.807, 2.05) is 0 Å². The third-order valence-corrected chi connectivity index (χ3v) is 3.18. The molecule has 2 heteroatoms. The van der Waals surface area contributed by atoms with Gasteiger partial charge in [0, 0.05) is 18.1 Å². The maximum Gasteiger partial charge on any atom is 0.0165 e. The second-order valence-corrected chi connectivity index (χ2v) is 4.70. The summed E-state index contributed by atoms with van der Waals surface area (Å²) < 4.78 is 0. The van der Waals surface area contributed by atoms with Crippen LogP contribution in [0.3, 0.4) is 0 Å². The van der Waals surface area contributed by atoms with Gasteiger partial charge in [-0.05, 0) is 32.6 Å². The summed E-state index contributed by atoms with van der Waals surface area (Å²) in [4.78, 5) is 0. The summed E-state index contributed by atoms with van der Waals surface area (Å²) in [7, 11) is 0. The molecule has 0 aromatic carbocycles. The summed E-state index contributed by atoms with van der Waals surface area (Å²) in [6, 6.07) is 0.359. The fourth-order valence-corrected chi connectivity index (χ4v) is 1.83. The number of unbranched alkanes of at least 4 members (excludes halogenated alkanes) is 1. The zero-order chi connectivity index (χ0) is 9.73. The highest BCUT2D eigenvalue weighted by molar-refractivity contribution is 4.92. The van der Waals surface area contributed by atoms with Gasteiger partial charge < -0.3 is 11.1 Å². The van der Waals surface area contributed by atoms with Gasteiger partial charge in [-0.15, -0.1) is 0 Å². The zero-order valence-electron chi connectivity index (χ0n) is 9.10. The van der Waals surface area contributed by atoms with Crippen LogP contribution >= 0.6 is 0 Å². The Morgan fingerprint density at radius 1 is 1.46 bits per heavy atom. The molecule has 3 N–H and O–H groups in total. The van der Waals surface area contributed by atoms with Gasteiger partial charge in [0.05, 0.1) is 0 Å². The summed E-state index contributed by atoms with van der Waals surface area (Å²) in [5.41, 5.74) is 6.40. The van der Waals surface area contributed by atoms with Crippen LogP contribution in [0, 0.1) is 0 Å². The molecule has 0 aromatic heterocycles. The molecule has 0 heterocycles. The minimum atomic E-state index is 0.359. The van der Waals surface area contributed by atoms with E-state index in [1.54, 1.807) is 0 Å². The fourth-order valence-electron chi connectivity index (χ4n) is 1.83. The molecule has 1 fully saturated rings. The first-order valence-electron chi connectivity index (χ1n) is 5.67. The number of nitrogens with one attached hydrogen (secondary N) is 1. The van der Waals surface area contributed by atoms with E-state index in [0.29, 0.717) is 11.6 Å². The van der Waals surface area contributed by atoms with Gasteiger partial charge in [0.2, 0.25) is 0 Å². The zero-order valence-corrected chi connectivity index (χ0v) is 9.10. The van der Waals surface area contributed by atoms with E-state index in [1.165, 1.54) is 38.5 Å². The van der Waals surface area contributed by atoms with Gasteiger partial charge in [-0.25, -0.2) is 0 Å². The molecule has 1 unspecified atom stereocenters. The summed E-state index contributed by atoms with van der Waals surface area (Å²) in [5.74, 6) is 0. The van der Waals surface area contributed by atoms with Crippen molar-refractivity contribution in [1.29, 1.82) is 0 Å². The Balaban J connectivity index is 2.03. The number of nitrogens with two attached hydrogens (primary N) is 1. The van der Waals surface area contributed by atoms with Gasteiger partial charge in [0.15, 0.2) is 0 Å². The van der Waals surface area contributed by atoms with Crippen molar-refractivity contribution in [3.63, 3.8) is 0 Å². The maximum atomic E-state index is 5.98. The van der Waals surface area contributed by atoms with E-state index in [4.69, 9.17) is 5.73 Å². The predicted molar refractivity (Wildman–Crippen MR) is 57.8 cm³/mol. The molecule has 1 saturated carbocycles. The van der Waals surface area contributed by atoms with Crippen LogP contribution in [0.25, 0.3) is 0 Å². The van der Waals surface area contributed by atoms with E-state index in [9.17, 15) is 0 Å². The van der Waals surface area contributed by atoms with Gasteiger partial charge in [-0.2, -0.15) is 0 Å².